The minimum atomic E-state index is -0.766. The molecular formula is C17H18N2O3. The molecule has 0 aliphatic rings. The second-order valence-electron chi connectivity index (χ2n) is 4.67. The highest BCUT2D eigenvalue weighted by atomic mass is 16.5. The van der Waals surface area contributed by atoms with Crippen LogP contribution in [0.5, 0.6) is 0 Å². The topological polar surface area (TPSA) is 72.3 Å². The molecule has 1 aromatic carbocycles. The van der Waals surface area contributed by atoms with Gasteiger partial charge in [-0.1, -0.05) is 30.3 Å². The van der Waals surface area contributed by atoms with Crippen molar-refractivity contribution < 1.29 is 14.6 Å². The Morgan fingerprint density at radius 2 is 1.95 bits per heavy atom. The number of hydrogen-bond donors (Lipinski definition) is 1. The van der Waals surface area contributed by atoms with Crippen molar-refractivity contribution in [2.45, 2.75) is 19.8 Å². The van der Waals surface area contributed by atoms with Gasteiger partial charge in [-0.25, -0.2) is 4.79 Å². The van der Waals surface area contributed by atoms with Crippen LogP contribution >= 0.6 is 0 Å². The summed E-state index contributed by atoms with van der Waals surface area (Å²) in [7, 11) is 0. The van der Waals surface area contributed by atoms with E-state index < -0.39 is 11.7 Å². The molecule has 0 atom stereocenters. The van der Waals surface area contributed by atoms with Gasteiger partial charge in [-0.3, -0.25) is 9.97 Å². The number of benzene rings is 1. The van der Waals surface area contributed by atoms with E-state index in [1.54, 1.807) is 13.1 Å². The number of aliphatic hydroxyl groups is 1. The monoisotopic (exact) mass is 298 g/mol. The first-order valence-corrected chi connectivity index (χ1v) is 7.11. The lowest BCUT2D eigenvalue weighted by Crippen LogP contribution is -2.07. The van der Waals surface area contributed by atoms with Crippen LogP contribution in [0, 0.1) is 0 Å². The van der Waals surface area contributed by atoms with Gasteiger partial charge in [0, 0.05) is 12.3 Å². The van der Waals surface area contributed by atoms with Gasteiger partial charge in [0.15, 0.2) is 0 Å². The molecule has 0 radical (unpaired) electrons. The predicted octanol–water partition coefficient (Wildman–Crippen LogP) is 2.72. The first kappa shape index (κ1) is 15.7. The molecule has 114 valence electrons. The number of ether oxygens (including phenoxy) is 1. The zero-order valence-electron chi connectivity index (χ0n) is 12.4. The molecule has 2 rings (SSSR count). The summed E-state index contributed by atoms with van der Waals surface area (Å²) in [4.78, 5) is 19.7. The molecule has 1 heterocycles. The first-order chi connectivity index (χ1) is 10.7. The molecular weight excluding hydrogens is 280 g/mol. The minimum absolute atomic E-state index is 0.209. The molecule has 5 nitrogen and oxygen atoms in total. The molecule has 0 saturated carbocycles. The Bertz CT molecular complexity index is 637. The van der Waals surface area contributed by atoms with Gasteiger partial charge in [0.25, 0.3) is 0 Å². The van der Waals surface area contributed by atoms with Gasteiger partial charge in [0.05, 0.1) is 24.2 Å². The van der Waals surface area contributed by atoms with Crippen molar-refractivity contribution in [3.8, 4) is 0 Å². The third-order valence-corrected chi connectivity index (χ3v) is 3.01. The Kier molecular flexibility index (Phi) is 5.65. The van der Waals surface area contributed by atoms with Gasteiger partial charge in [0.1, 0.15) is 0 Å². The SMILES string of the molecule is CCOC(=O)/C(O)=C/c1cnc(CCc2ccccc2)cn1. The maximum absolute atomic E-state index is 11.3. The summed E-state index contributed by atoms with van der Waals surface area (Å²) in [5.74, 6) is -1.24. The number of rotatable bonds is 6. The van der Waals surface area contributed by atoms with Gasteiger partial charge < -0.3 is 9.84 Å². The van der Waals surface area contributed by atoms with Crippen LogP contribution in [0.25, 0.3) is 6.08 Å². The zero-order chi connectivity index (χ0) is 15.8. The number of nitrogens with zero attached hydrogens (tertiary/aromatic N) is 2. The molecule has 0 aliphatic carbocycles. The summed E-state index contributed by atoms with van der Waals surface area (Å²) < 4.78 is 4.68. The van der Waals surface area contributed by atoms with Crippen LogP contribution < -0.4 is 0 Å². The third kappa shape index (κ3) is 4.70. The number of hydrogen-bond acceptors (Lipinski definition) is 5. The fourth-order valence-electron chi connectivity index (χ4n) is 1.89. The van der Waals surface area contributed by atoms with Gasteiger partial charge >= 0.3 is 5.97 Å². The number of esters is 1. The Morgan fingerprint density at radius 1 is 1.18 bits per heavy atom. The average molecular weight is 298 g/mol. The van der Waals surface area contributed by atoms with Crippen LogP contribution in [0.3, 0.4) is 0 Å². The highest BCUT2D eigenvalue weighted by molar-refractivity contribution is 5.90. The average Bonchev–Trinajstić information content (AvgIpc) is 2.55. The van der Waals surface area contributed by atoms with Crippen molar-refractivity contribution in [1.82, 2.24) is 9.97 Å². The van der Waals surface area contributed by atoms with Crippen molar-refractivity contribution in [2.24, 2.45) is 0 Å². The molecule has 2 aromatic rings. The highest BCUT2D eigenvalue weighted by Crippen LogP contribution is 2.07. The molecule has 0 unspecified atom stereocenters. The number of aryl methyl sites for hydroxylation is 2. The van der Waals surface area contributed by atoms with Gasteiger partial charge in [-0.15, -0.1) is 0 Å². The third-order valence-electron chi connectivity index (χ3n) is 3.01. The van der Waals surface area contributed by atoms with Crippen molar-refractivity contribution in [2.75, 3.05) is 6.61 Å². The first-order valence-electron chi connectivity index (χ1n) is 7.11. The normalized spacial score (nSPS) is 11.2. The van der Waals surface area contributed by atoms with Crippen molar-refractivity contribution >= 4 is 12.0 Å². The van der Waals surface area contributed by atoms with Crippen LogP contribution in [-0.2, 0) is 22.4 Å². The molecule has 22 heavy (non-hydrogen) atoms. The maximum Gasteiger partial charge on any atom is 0.373 e. The van der Waals surface area contributed by atoms with E-state index in [0.29, 0.717) is 5.69 Å². The van der Waals surface area contributed by atoms with Crippen molar-refractivity contribution in [1.29, 1.82) is 0 Å². The van der Waals surface area contributed by atoms with E-state index in [9.17, 15) is 9.90 Å². The number of carbonyl (C=O) groups excluding carboxylic acids is 1. The predicted molar refractivity (Wildman–Crippen MR) is 83.1 cm³/mol. The van der Waals surface area contributed by atoms with Crippen LogP contribution in [-0.4, -0.2) is 27.7 Å². The molecule has 1 aromatic heterocycles. The number of aliphatic hydroxyl groups excluding tert-OH is 1. The van der Waals surface area contributed by atoms with E-state index in [2.05, 4.69) is 26.8 Å². The molecule has 0 bridgehead atoms. The number of aromatic nitrogens is 2. The van der Waals surface area contributed by atoms with E-state index in [1.807, 2.05) is 18.2 Å². The Balaban J connectivity index is 1.95. The standard InChI is InChI=1S/C17H18N2O3/c1-2-22-17(21)16(20)10-15-12-18-14(11-19-15)9-8-13-6-4-3-5-7-13/h3-7,10-12,20H,2,8-9H2,1H3/b16-10-. The smallest absolute Gasteiger partial charge is 0.373 e. The van der Waals surface area contributed by atoms with Crippen molar-refractivity contribution in [3.05, 3.63) is 65.4 Å². The zero-order valence-corrected chi connectivity index (χ0v) is 12.4. The molecule has 5 heteroatoms. The molecule has 1 N–H and O–H groups in total. The summed E-state index contributed by atoms with van der Waals surface area (Å²) in [5, 5.41) is 9.54. The fourth-order valence-corrected chi connectivity index (χ4v) is 1.89. The van der Waals surface area contributed by atoms with Crippen LogP contribution in [0.15, 0.2) is 48.5 Å². The fraction of sp³-hybridized carbons (Fsp3) is 0.235. The Hall–Kier alpha value is -2.69. The van der Waals surface area contributed by atoms with Crippen LogP contribution in [0.4, 0.5) is 0 Å². The molecule has 0 aliphatic heterocycles. The highest BCUT2D eigenvalue weighted by Gasteiger charge is 2.08. The maximum atomic E-state index is 11.3. The minimum Gasteiger partial charge on any atom is -0.502 e. The quantitative estimate of drug-likeness (QED) is 0.504. The van der Waals surface area contributed by atoms with Gasteiger partial charge in [-0.05, 0) is 25.3 Å². The molecule has 0 fully saturated rings. The van der Waals surface area contributed by atoms with E-state index >= 15 is 0 Å². The van der Waals surface area contributed by atoms with Gasteiger partial charge in [0.2, 0.25) is 5.76 Å². The molecule has 0 spiro atoms. The van der Waals surface area contributed by atoms with E-state index in [1.165, 1.54) is 17.8 Å². The van der Waals surface area contributed by atoms with E-state index in [-0.39, 0.29) is 6.61 Å². The van der Waals surface area contributed by atoms with E-state index in [4.69, 9.17) is 0 Å². The Morgan fingerprint density at radius 3 is 2.59 bits per heavy atom. The summed E-state index contributed by atoms with van der Waals surface area (Å²) in [6.45, 7) is 1.88. The summed E-state index contributed by atoms with van der Waals surface area (Å²) in [5.41, 5.74) is 2.51. The molecule has 0 amide bonds. The van der Waals surface area contributed by atoms with Gasteiger partial charge in [-0.2, -0.15) is 0 Å². The summed E-state index contributed by atoms with van der Waals surface area (Å²) in [6, 6.07) is 10.1. The Labute approximate surface area is 129 Å². The van der Waals surface area contributed by atoms with E-state index in [0.717, 1.165) is 18.5 Å². The second-order valence-corrected chi connectivity index (χ2v) is 4.67. The summed E-state index contributed by atoms with van der Waals surface area (Å²) >= 11 is 0. The van der Waals surface area contributed by atoms with Crippen LogP contribution in [0.2, 0.25) is 0 Å². The lowest BCUT2D eigenvalue weighted by Gasteiger charge is -2.02. The van der Waals surface area contributed by atoms with Crippen molar-refractivity contribution in [3.63, 3.8) is 0 Å². The lowest BCUT2D eigenvalue weighted by molar-refractivity contribution is -0.141. The lowest BCUT2D eigenvalue weighted by atomic mass is 10.1. The largest absolute Gasteiger partial charge is 0.502 e. The molecule has 0 saturated heterocycles. The van der Waals surface area contributed by atoms with Crippen LogP contribution in [0.1, 0.15) is 23.9 Å². The number of carbonyl (C=O) groups is 1. The second kappa shape index (κ2) is 7.93. The summed E-state index contributed by atoms with van der Waals surface area (Å²) in [6.07, 6.45) is 6.08.